The molecule has 29 heavy (non-hydrogen) atoms. The van der Waals surface area contributed by atoms with E-state index in [4.69, 9.17) is 4.74 Å². The molecule has 6 nitrogen and oxygen atoms in total. The van der Waals surface area contributed by atoms with Gasteiger partial charge in [0.15, 0.2) is 0 Å². The number of rotatable bonds is 7. The predicted molar refractivity (Wildman–Crippen MR) is 114 cm³/mol. The molecule has 0 saturated carbocycles. The maximum atomic E-state index is 13.4. The van der Waals surface area contributed by atoms with E-state index in [9.17, 15) is 4.79 Å². The van der Waals surface area contributed by atoms with Crippen LogP contribution in [0.2, 0.25) is 0 Å². The topological polar surface area (TPSA) is 58.6 Å². The smallest absolute Gasteiger partial charge is 0.253 e. The van der Waals surface area contributed by atoms with E-state index in [1.165, 1.54) is 45.2 Å². The van der Waals surface area contributed by atoms with Crippen molar-refractivity contribution in [2.24, 2.45) is 5.92 Å². The number of hydrogen-bond acceptors (Lipinski definition) is 5. The van der Waals surface area contributed by atoms with Gasteiger partial charge in [-0.1, -0.05) is 6.42 Å². The summed E-state index contributed by atoms with van der Waals surface area (Å²) in [6, 6.07) is 6.29. The van der Waals surface area contributed by atoms with Gasteiger partial charge >= 0.3 is 0 Å². The summed E-state index contributed by atoms with van der Waals surface area (Å²) in [6.45, 7) is 4.69. The molecular weight excluding hydrogens is 364 g/mol. The van der Waals surface area contributed by atoms with Gasteiger partial charge in [-0.05, 0) is 69.3 Å². The van der Waals surface area contributed by atoms with Crippen LogP contribution in [0.25, 0.3) is 11.0 Å². The van der Waals surface area contributed by atoms with E-state index in [0.717, 1.165) is 30.5 Å². The zero-order valence-corrected chi connectivity index (χ0v) is 17.4. The number of piperidine rings is 2. The lowest BCUT2D eigenvalue weighted by atomic mass is 9.83. The van der Waals surface area contributed by atoms with Crippen LogP contribution >= 0.6 is 0 Å². The van der Waals surface area contributed by atoms with Crippen molar-refractivity contribution in [3.05, 3.63) is 36.2 Å². The quantitative estimate of drug-likeness (QED) is 0.672. The number of fused-ring (bicyclic) bond motifs is 2. The van der Waals surface area contributed by atoms with Gasteiger partial charge < -0.3 is 14.5 Å². The third kappa shape index (κ3) is 4.75. The van der Waals surface area contributed by atoms with Crippen molar-refractivity contribution in [1.29, 1.82) is 0 Å². The number of methoxy groups -OCH3 is 1. The number of ether oxygens (including phenoxy) is 1. The third-order valence-corrected chi connectivity index (χ3v) is 6.46. The van der Waals surface area contributed by atoms with Gasteiger partial charge in [0.05, 0.1) is 11.0 Å². The van der Waals surface area contributed by atoms with Crippen LogP contribution in [0.15, 0.2) is 30.6 Å². The van der Waals surface area contributed by atoms with Gasteiger partial charge in [0.2, 0.25) is 0 Å². The molecule has 156 valence electrons. The van der Waals surface area contributed by atoms with Crippen molar-refractivity contribution in [2.75, 3.05) is 39.9 Å². The third-order valence-electron chi connectivity index (χ3n) is 6.46. The molecule has 4 rings (SSSR count). The molecule has 1 aromatic heterocycles. The second kappa shape index (κ2) is 9.63. The zero-order chi connectivity index (χ0) is 20.1. The minimum absolute atomic E-state index is 0.0987. The lowest BCUT2D eigenvalue weighted by Crippen LogP contribution is -2.51. The molecule has 2 aliphatic rings. The number of carbonyl (C=O) groups excluding carboxylic acids is 1. The van der Waals surface area contributed by atoms with Gasteiger partial charge in [0.1, 0.15) is 0 Å². The molecule has 0 radical (unpaired) electrons. The van der Waals surface area contributed by atoms with Crippen molar-refractivity contribution in [3.63, 3.8) is 0 Å². The fourth-order valence-corrected chi connectivity index (χ4v) is 5.03. The van der Waals surface area contributed by atoms with Gasteiger partial charge in [-0.3, -0.25) is 14.8 Å². The summed E-state index contributed by atoms with van der Waals surface area (Å²) in [4.78, 5) is 26.8. The van der Waals surface area contributed by atoms with E-state index < -0.39 is 0 Å². The maximum Gasteiger partial charge on any atom is 0.253 e. The highest BCUT2D eigenvalue weighted by Crippen LogP contribution is 2.31. The Morgan fingerprint density at radius 3 is 2.83 bits per heavy atom. The zero-order valence-electron chi connectivity index (χ0n) is 17.4. The number of benzene rings is 1. The highest BCUT2D eigenvalue weighted by atomic mass is 16.5. The molecule has 2 unspecified atom stereocenters. The van der Waals surface area contributed by atoms with Gasteiger partial charge in [0.25, 0.3) is 5.91 Å². The average molecular weight is 397 g/mol. The van der Waals surface area contributed by atoms with Gasteiger partial charge in [-0.15, -0.1) is 0 Å². The van der Waals surface area contributed by atoms with Crippen LogP contribution in [-0.4, -0.2) is 71.6 Å². The summed E-state index contributed by atoms with van der Waals surface area (Å²) in [5.41, 5.74) is 2.29. The number of amides is 1. The molecule has 2 saturated heterocycles. The molecule has 0 N–H and O–H groups in total. The highest BCUT2D eigenvalue weighted by Gasteiger charge is 2.34. The summed E-state index contributed by atoms with van der Waals surface area (Å²) in [5.74, 6) is 0.664. The van der Waals surface area contributed by atoms with Crippen LogP contribution < -0.4 is 0 Å². The molecule has 0 aliphatic carbocycles. The summed E-state index contributed by atoms with van der Waals surface area (Å²) in [5, 5.41) is 0. The molecule has 2 aliphatic heterocycles. The van der Waals surface area contributed by atoms with Crippen molar-refractivity contribution < 1.29 is 9.53 Å². The number of nitrogens with zero attached hydrogens (tertiary/aromatic N) is 4. The Hall–Kier alpha value is -2.05. The van der Waals surface area contributed by atoms with E-state index in [2.05, 4.69) is 19.8 Å². The summed E-state index contributed by atoms with van der Waals surface area (Å²) < 4.78 is 5.25. The van der Waals surface area contributed by atoms with Gasteiger partial charge in [-0.2, -0.15) is 0 Å². The van der Waals surface area contributed by atoms with Crippen LogP contribution in [0.5, 0.6) is 0 Å². The minimum Gasteiger partial charge on any atom is -0.385 e. The van der Waals surface area contributed by atoms with E-state index in [0.29, 0.717) is 24.1 Å². The first-order chi connectivity index (χ1) is 14.3. The number of hydrogen-bond donors (Lipinski definition) is 0. The van der Waals surface area contributed by atoms with Crippen LogP contribution in [0.4, 0.5) is 0 Å². The second-order valence-corrected chi connectivity index (χ2v) is 8.36. The summed E-state index contributed by atoms with van der Waals surface area (Å²) in [6.07, 6.45) is 10.6. The second-order valence-electron chi connectivity index (χ2n) is 8.36. The Morgan fingerprint density at radius 1 is 1.14 bits per heavy atom. The standard InChI is InChI=1S/C23H32N4O2/c1-29-15-5-14-27(17-19-6-4-13-26-12-3-2-7-22(19)26)23(28)18-8-9-20-21(16-18)25-11-10-24-20/h8-11,16,19,22H,2-7,12-15,17H2,1H3. The Morgan fingerprint density at radius 2 is 1.97 bits per heavy atom. The molecule has 1 aromatic carbocycles. The van der Waals surface area contributed by atoms with Crippen LogP contribution in [0.3, 0.4) is 0 Å². The molecule has 6 heteroatoms. The van der Waals surface area contributed by atoms with E-state index >= 15 is 0 Å². The largest absolute Gasteiger partial charge is 0.385 e. The molecule has 1 amide bonds. The van der Waals surface area contributed by atoms with Crippen molar-refractivity contribution >= 4 is 16.9 Å². The Labute approximate surface area is 173 Å². The summed E-state index contributed by atoms with van der Waals surface area (Å²) >= 11 is 0. The Kier molecular flexibility index (Phi) is 6.72. The monoisotopic (exact) mass is 396 g/mol. The lowest BCUT2D eigenvalue weighted by molar-refractivity contribution is 0.0347. The number of aromatic nitrogens is 2. The van der Waals surface area contributed by atoms with Gasteiger partial charge in [-0.25, -0.2) is 0 Å². The van der Waals surface area contributed by atoms with Crippen molar-refractivity contribution in [3.8, 4) is 0 Å². The molecule has 3 heterocycles. The minimum atomic E-state index is 0.0987. The number of carbonyl (C=O) groups is 1. The first kappa shape index (κ1) is 20.2. The maximum absolute atomic E-state index is 13.4. The fourth-order valence-electron chi connectivity index (χ4n) is 5.03. The van der Waals surface area contributed by atoms with Crippen molar-refractivity contribution in [2.45, 2.75) is 44.6 Å². The molecule has 0 spiro atoms. The molecule has 2 atom stereocenters. The van der Waals surface area contributed by atoms with Crippen LogP contribution in [0.1, 0.15) is 48.9 Å². The molecular formula is C23H32N4O2. The first-order valence-corrected chi connectivity index (χ1v) is 11.0. The normalized spacial score (nSPS) is 22.4. The van der Waals surface area contributed by atoms with E-state index in [1.807, 2.05) is 18.2 Å². The Bertz CT molecular complexity index is 825. The van der Waals surface area contributed by atoms with E-state index in [1.54, 1.807) is 19.5 Å². The average Bonchev–Trinajstić information content (AvgIpc) is 2.78. The SMILES string of the molecule is COCCCN(CC1CCCN2CCCCC12)C(=O)c1ccc2nccnc2c1. The Balaban J connectivity index is 1.52. The van der Waals surface area contributed by atoms with E-state index in [-0.39, 0.29) is 5.91 Å². The fraction of sp³-hybridized carbons (Fsp3) is 0.609. The van der Waals surface area contributed by atoms with Gasteiger partial charge in [0, 0.05) is 50.8 Å². The first-order valence-electron chi connectivity index (χ1n) is 11.0. The summed E-state index contributed by atoms with van der Waals surface area (Å²) in [7, 11) is 1.72. The predicted octanol–water partition coefficient (Wildman–Crippen LogP) is 3.37. The van der Waals surface area contributed by atoms with Crippen LogP contribution in [0, 0.1) is 5.92 Å². The van der Waals surface area contributed by atoms with Crippen LogP contribution in [-0.2, 0) is 4.74 Å². The van der Waals surface area contributed by atoms with Crippen molar-refractivity contribution in [1.82, 2.24) is 19.8 Å². The molecule has 0 bridgehead atoms. The highest BCUT2D eigenvalue weighted by molar-refractivity contribution is 5.97. The molecule has 2 aromatic rings. The molecule has 2 fully saturated rings. The lowest BCUT2D eigenvalue weighted by Gasteiger charge is -2.45.